The second-order valence-electron chi connectivity index (χ2n) is 14.6. The second-order valence-corrected chi connectivity index (χ2v) is 14.6. The van der Waals surface area contributed by atoms with Crippen molar-refractivity contribution in [1.82, 2.24) is 0 Å². The van der Waals surface area contributed by atoms with Crippen LogP contribution in [0.25, 0.3) is 77.2 Å². The van der Waals surface area contributed by atoms with E-state index in [2.05, 4.69) is 241 Å². The lowest BCUT2D eigenvalue weighted by Gasteiger charge is -2.26. The summed E-state index contributed by atoms with van der Waals surface area (Å²) in [7, 11) is 0. The molecule has 0 unspecified atom stereocenters. The van der Waals surface area contributed by atoms with Gasteiger partial charge in [-0.3, -0.25) is 0 Å². The van der Waals surface area contributed by atoms with Gasteiger partial charge in [-0.05, 0) is 126 Å². The minimum absolute atomic E-state index is 1.09. The van der Waals surface area contributed by atoms with Crippen molar-refractivity contribution in [3.8, 4) is 55.6 Å². The van der Waals surface area contributed by atoms with Crippen molar-refractivity contribution >= 4 is 38.6 Å². The summed E-state index contributed by atoms with van der Waals surface area (Å²) >= 11 is 0. The van der Waals surface area contributed by atoms with Gasteiger partial charge in [-0.1, -0.05) is 188 Å². The van der Waals surface area contributed by atoms with Crippen LogP contribution in [0.1, 0.15) is 0 Å². The molecular weight excluding hydrogens is 687 g/mol. The highest BCUT2D eigenvalue weighted by Gasteiger charge is 2.16. The molecule has 0 N–H and O–H groups in total. The van der Waals surface area contributed by atoms with Gasteiger partial charge in [-0.2, -0.15) is 0 Å². The normalized spacial score (nSPS) is 11.2. The Balaban J connectivity index is 1.05. The smallest absolute Gasteiger partial charge is 0.0467 e. The van der Waals surface area contributed by atoms with Gasteiger partial charge in [0.1, 0.15) is 0 Å². The van der Waals surface area contributed by atoms with Crippen LogP contribution in [0.3, 0.4) is 0 Å². The zero-order valence-electron chi connectivity index (χ0n) is 31.5. The average Bonchev–Trinajstić information content (AvgIpc) is 3.30. The molecule has 0 heterocycles. The van der Waals surface area contributed by atoms with E-state index in [0.717, 1.165) is 17.1 Å². The number of fused-ring (bicyclic) bond motifs is 2. The first-order valence-electron chi connectivity index (χ1n) is 19.6. The molecule has 10 aromatic carbocycles. The van der Waals surface area contributed by atoms with Crippen molar-refractivity contribution in [2.24, 2.45) is 0 Å². The highest BCUT2D eigenvalue weighted by atomic mass is 15.1. The van der Waals surface area contributed by atoms with Crippen LogP contribution in [0, 0.1) is 0 Å². The number of rotatable bonds is 8. The molecule has 0 aliphatic rings. The van der Waals surface area contributed by atoms with E-state index < -0.39 is 0 Å². The minimum Gasteiger partial charge on any atom is -0.310 e. The Kier molecular flexibility index (Phi) is 8.95. The molecule has 0 saturated carbocycles. The molecule has 0 aromatic heterocycles. The van der Waals surface area contributed by atoms with Gasteiger partial charge in [0.25, 0.3) is 0 Å². The fourth-order valence-corrected chi connectivity index (χ4v) is 8.16. The van der Waals surface area contributed by atoms with Crippen LogP contribution in [-0.2, 0) is 0 Å². The Bertz CT molecular complexity index is 2980. The predicted molar refractivity (Wildman–Crippen MR) is 243 cm³/mol. The molecule has 0 bridgehead atoms. The predicted octanol–water partition coefficient (Wildman–Crippen LogP) is 15.8. The standard InChI is InChI=1S/C56H39N/c1-3-13-40(14-4-1)47-21-11-22-52(38-47)57(51-34-29-45(30-35-51)54-24-12-20-44-18-9-10-23-53(44)54)50-32-27-42(28-33-50)48-31-36-55(43-16-5-2-6-17-43)56(39-48)49-26-25-41-15-7-8-19-46(41)37-49/h1-39H. The van der Waals surface area contributed by atoms with E-state index >= 15 is 0 Å². The van der Waals surface area contributed by atoms with Gasteiger partial charge in [-0.15, -0.1) is 0 Å². The van der Waals surface area contributed by atoms with Crippen molar-refractivity contribution in [2.45, 2.75) is 0 Å². The zero-order valence-corrected chi connectivity index (χ0v) is 31.5. The minimum atomic E-state index is 1.09. The van der Waals surface area contributed by atoms with Gasteiger partial charge in [0.2, 0.25) is 0 Å². The lowest BCUT2D eigenvalue weighted by atomic mass is 9.90. The largest absolute Gasteiger partial charge is 0.310 e. The summed E-state index contributed by atoms with van der Waals surface area (Å²) in [5.41, 5.74) is 15.3. The van der Waals surface area contributed by atoms with Crippen LogP contribution in [-0.4, -0.2) is 0 Å². The summed E-state index contributed by atoms with van der Waals surface area (Å²) in [5.74, 6) is 0. The molecule has 1 heteroatoms. The van der Waals surface area contributed by atoms with Gasteiger partial charge < -0.3 is 4.90 Å². The third-order valence-corrected chi connectivity index (χ3v) is 11.1. The van der Waals surface area contributed by atoms with Crippen LogP contribution in [0.2, 0.25) is 0 Å². The third kappa shape index (κ3) is 6.77. The molecule has 0 aliphatic heterocycles. The number of hydrogen-bond acceptors (Lipinski definition) is 1. The van der Waals surface area contributed by atoms with Gasteiger partial charge in [-0.25, -0.2) is 0 Å². The second kappa shape index (κ2) is 15.0. The van der Waals surface area contributed by atoms with Crippen LogP contribution < -0.4 is 4.90 Å². The van der Waals surface area contributed by atoms with Crippen molar-refractivity contribution in [1.29, 1.82) is 0 Å². The summed E-state index contributed by atoms with van der Waals surface area (Å²) in [5, 5.41) is 5.00. The molecule has 10 rings (SSSR count). The maximum absolute atomic E-state index is 2.36. The van der Waals surface area contributed by atoms with Crippen molar-refractivity contribution in [2.75, 3.05) is 4.90 Å². The van der Waals surface area contributed by atoms with Crippen molar-refractivity contribution < 1.29 is 0 Å². The summed E-state index contributed by atoms with van der Waals surface area (Å²) in [4.78, 5) is 2.36. The quantitative estimate of drug-likeness (QED) is 0.151. The SMILES string of the molecule is c1ccc(-c2cccc(N(c3ccc(-c4ccc(-c5ccccc5)c(-c5ccc6ccccc6c5)c4)cc3)c3ccc(-c4cccc5ccccc45)cc3)c2)cc1. The van der Waals surface area contributed by atoms with E-state index in [9.17, 15) is 0 Å². The van der Waals surface area contributed by atoms with Crippen LogP contribution in [0.5, 0.6) is 0 Å². The molecule has 10 aromatic rings. The Morgan fingerprint density at radius 3 is 1.47 bits per heavy atom. The molecule has 0 atom stereocenters. The van der Waals surface area contributed by atoms with E-state index in [1.165, 1.54) is 77.2 Å². The van der Waals surface area contributed by atoms with Gasteiger partial charge >= 0.3 is 0 Å². The number of benzene rings is 10. The van der Waals surface area contributed by atoms with Crippen molar-refractivity contribution in [3.63, 3.8) is 0 Å². The summed E-state index contributed by atoms with van der Waals surface area (Å²) < 4.78 is 0. The van der Waals surface area contributed by atoms with Gasteiger partial charge in [0.05, 0.1) is 0 Å². The highest BCUT2D eigenvalue weighted by molar-refractivity contribution is 5.97. The van der Waals surface area contributed by atoms with E-state index in [1.807, 2.05) is 0 Å². The summed E-state index contributed by atoms with van der Waals surface area (Å²) in [6.07, 6.45) is 0. The highest BCUT2D eigenvalue weighted by Crippen LogP contribution is 2.41. The number of nitrogens with zero attached hydrogens (tertiary/aromatic N) is 1. The molecule has 0 fully saturated rings. The maximum Gasteiger partial charge on any atom is 0.0467 e. The molecule has 0 radical (unpaired) electrons. The Hall–Kier alpha value is -7.48. The molecule has 57 heavy (non-hydrogen) atoms. The van der Waals surface area contributed by atoms with Gasteiger partial charge in [0, 0.05) is 17.1 Å². The van der Waals surface area contributed by atoms with Crippen LogP contribution >= 0.6 is 0 Å². The monoisotopic (exact) mass is 725 g/mol. The molecule has 0 amide bonds. The Morgan fingerprint density at radius 1 is 0.211 bits per heavy atom. The van der Waals surface area contributed by atoms with Crippen LogP contribution in [0.4, 0.5) is 17.1 Å². The summed E-state index contributed by atoms with van der Waals surface area (Å²) in [6, 6.07) is 85.6. The summed E-state index contributed by atoms with van der Waals surface area (Å²) in [6.45, 7) is 0. The molecule has 268 valence electrons. The van der Waals surface area contributed by atoms with Crippen molar-refractivity contribution in [3.05, 3.63) is 237 Å². The number of hydrogen-bond donors (Lipinski definition) is 0. The molecule has 0 aliphatic carbocycles. The fraction of sp³-hybridized carbons (Fsp3) is 0. The maximum atomic E-state index is 2.36. The first-order chi connectivity index (χ1) is 28.2. The van der Waals surface area contributed by atoms with Gasteiger partial charge in [0.15, 0.2) is 0 Å². The fourth-order valence-electron chi connectivity index (χ4n) is 8.16. The van der Waals surface area contributed by atoms with E-state index in [4.69, 9.17) is 0 Å². The first-order valence-corrected chi connectivity index (χ1v) is 19.6. The zero-order chi connectivity index (χ0) is 38.0. The lowest BCUT2D eigenvalue weighted by Crippen LogP contribution is -2.10. The van der Waals surface area contributed by atoms with Crippen LogP contribution in [0.15, 0.2) is 237 Å². The first kappa shape index (κ1) is 34.0. The molecule has 0 spiro atoms. The number of anilines is 3. The Labute approximate surface area is 334 Å². The average molecular weight is 726 g/mol. The third-order valence-electron chi connectivity index (χ3n) is 11.1. The van der Waals surface area contributed by atoms with E-state index in [-0.39, 0.29) is 0 Å². The topological polar surface area (TPSA) is 3.24 Å². The van der Waals surface area contributed by atoms with E-state index in [0.29, 0.717) is 0 Å². The Morgan fingerprint density at radius 2 is 0.719 bits per heavy atom. The molecule has 1 nitrogen and oxygen atoms in total. The lowest BCUT2D eigenvalue weighted by molar-refractivity contribution is 1.28. The molecule has 0 saturated heterocycles. The molecular formula is C56H39N. The van der Waals surface area contributed by atoms with E-state index in [1.54, 1.807) is 0 Å².